The van der Waals surface area contributed by atoms with Gasteiger partial charge in [0.15, 0.2) is 0 Å². The first-order valence-electron chi connectivity index (χ1n) is 4.42. The van der Waals surface area contributed by atoms with Crippen LogP contribution in [0.2, 0.25) is 0 Å². The first-order valence-corrected chi connectivity index (χ1v) is 4.42. The van der Waals surface area contributed by atoms with E-state index in [1.54, 1.807) is 0 Å². The van der Waals surface area contributed by atoms with Crippen LogP contribution in [0.25, 0.3) is 0 Å². The van der Waals surface area contributed by atoms with E-state index in [1.165, 1.54) is 30.7 Å². The molecule has 0 radical (unpaired) electrons. The van der Waals surface area contributed by atoms with E-state index in [1.807, 2.05) is 0 Å². The number of nitrogens with zero attached hydrogens (tertiary/aromatic N) is 1. The molecule has 0 unspecified atom stereocenters. The van der Waals surface area contributed by atoms with E-state index in [2.05, 4.69) is 0 Å². The Bertz CT molecular complexity index is 112. The first kappa shape index (κ1) is 10.3. The number of quaternary nitrogens is 1. The van der Waals surface area contributed by atoms with Crippen molar-refractivity contribution in [3.63, 3.8) is 0 Å². The van der Waals surface area contributed by atoms with Gasteiger partial charge in [0.1, 0.15) is 26.2 Å². The molecule has 0 aliphatic carbocycles. The van der Waals surface area contributed by atoms with Gasteiger partial charge in [0.25, 0.3) is 0 Å². The Labute approximate surface area is 79.6 Å². The number of rotatable bonds is 0. The molecule has 2 rings (SSSR count). The molecule has 72 valence electrons. The van der Waals surface area contributed by atoms with Gasteiger partial charge in [0, 0.05) is 0 Å². The minimum absolute atomic E-state index is 0. The fourth-order valence-corrected chi connectivity index (χ4v) is 1.91. The van der Waals surface area contributed by atoms with Gasteiger partial charge in [-0.15, -0.1) is 0 Å². The molecular formula is C8H16ClNO2. The standard InChI is InChI=1S/C8H16NO2.ClH/c1-5-10-6-2-9(1)3-7-11-8-4-9;/h1-8H2;1H/q+1;/p-1. The normalized spacial score (nSPS) is 28.0. The van der Waals surface area contributed by atoms with Crippen molar-refractivity contribution in [3.05, 3.63) is 0 Å². The molecule has 0 N–H and O–H groups in total. The van der Waals surface area contributed by atoms with Crippen molar-refractivity contribution in [2.45, 2.75) is 0 Å². The van der Waals surface area contributed by atoms with Gasteiger partial charge in [-0.2, -0.15) is 0 Å². The summed E-state index contributed by atoms with van der Waals surface area (Å²) in [6.07, 6.45) is 0. The number of halogens is 1. The fraction of sp³-hybridized carbons (Fsp3) is 1.00. The highest BCUT2D eigenvalue weighted by Crippen LogP contribution is 2.13. The van der Waals surface area contributed by atoms with Crippen molar-refractivity contribution >= 4 is 0 Å². The monoisotopic (exact) mass is 193 g/mol. The summed E-state index contributed by atoms with van der Waals surface area (Å²) >= 11 is 0. The molecule has 1 spiro atoms. The SMILES string of the molecule is C1C[N+]2(CCO1)CCOCC2.[Cl-]. The lowest BCUT2D eigenvalue weighted by Gasteiger charge is -2.43. The molecule has 0 aromatic carbocycles. The summed E-state index contributed by atoms with van der Waals surface area (Å²) < 4.78 is 11.9. The van der Waals surface area contributed by atoms with E-state index in [9.17, 15) is 0 Å². The van der Waals surface area contributed by atoms with Crippen LogP contribution in [-0.2, 0) is 9.47 Å². The van der Waals surface area contributed by atoms with Gasteiger partial charge >= 0.3 is 0 Å². The third-order valence-corrected chi connectivity index (χ3v) is 2.84. The zero-order valence-electron chi connectivity index (χ0n) is 7.30. The van der Waals surface area contributed by atoms with Gasteiger partial charge in [0.2, 0.25) is 0 Å². The van der Waals surface area contributed by atoms with Crippen LogP contribution in [0.4, 0.5) is 0 Å². The van der Waals surface area contributed by atoms with Crippen molar-refractivity contribution in [1.82, 2.24) is 0 Å². The molecule has 0 aromatic rings. The van der Waals surface area contributed by atoms with E-state index in [4.69, 9.17) is 9.47 Å². The second-order valence-electron chi connectivity index (χ2n) is 3.46. The number of morpholine rings is 2. The molecule has 3 nitrogen and oxygen atoms in total. The molecule has 0 bridgehead atoms. The van der Waals surface area contributed by atoms with Gasteiger partial charge in [-0.05, 0) is 0 Å². The summed E-state index contributed by atoms with van der Waals surface area (Å²) in [4.78, 5) is 0. The smallest absolute Gasteiger partial charge is 0.103 e. The predicted octanol–water partition coefficient (Wildman–Crippen LogP) is -3.13. The maximum absolute atomic E-state index is 5.34. The third-order valence-electron chi connectivity index (χ3n) is 2.84. The Morgan fingerprint density at radius 3 is 1.33 bits per heavy atom. The van der Waals surface area contributed by atoms with E-state index >= 15 is 0 Å². The Morgan fingerprint density at radius 2 is 1.00 bits per heavy atom. The fourth-order valence-electron chi connectivity index (χ4n) is 1.91. The number of hydrogen-bond donors (Lipinski definition) is 0. The molecule has 0 saturated carbocycles. The van der Waals surface area contributed by atoms with Gasteiger partial charge in [-0.1, -0.05) is 0 Å². The predicted molar refractivity (Wildman–Crippen MR) is 41.4 cm³/mol. The van der Waals surface area contributed by atoms with Crippen LogP contribution < -0.4 is 12.4 Å². The molecule has 2 aliphatic heterocycles. The van der Waals surface area contributed by atoms with Crippen molar-refractivity contribution in [2.75, 3.05) is 52.6 Å². The van der Waals surface area contributed by atoms with E-state index in [0.717, 1.165) is 26.4 Å². The number of hydrogen-bond acceptors (Lipinski definition) is 2. The Morgan fingerprint density at radius 1 is 0.667 bits per heavy atom. The van der Waals surface area contributed by atoms with Gasteiger partial charge in [-0.3, -0.25) is 0 Å². The maximum Gasteiger partial charge on any atom is 0.103 e. The maximum atomic E-state index is 5.34. The summed E-state index contributed by atoms with van der Waals surface area (Å²) in [6.45, 7) is 8.57. The average Bonchev–Trinajstić information content (AvgIpc) is 2.07. The van der Waals surface area contributed by atoms with Gasteiger partial charge in [-0.25, -0.2) is 0 Å². The highest BCUT2D eigenvalue weighted by Gasteiger charge is 2.32. The Balaban J connectivity index is 0.000000720. The highest BCUT2D eigenvalue weighted by atomic mass is 35.5. The molecule has 0 atom stereocenters. The van der Waals surface area contributed by atoms with Crippen LogP contribution in [0.5, 0.6) is 0 Å². The molecule has 12 heavy (non-hydrogen) atoms. The Hall–Kier alpha value is 0.170. The first-order chi connectivity index (χ1) is 5.41. The van der Waals surface area contributed by atoms with Gasteiger partial charge in [0.05, 0.1) is 26.4 Å². The van der Waals surface area contributed by atoms with Gasteiger partial charge < -0.3 is 26.4 Å². The van der Waals surface area contributed by atoms with E-state index in [0.29, 0.717) is 0 Å². The molecule has 2 fully saturated rings. The van der Waals surface area contributed by atoms with Crippen LogP contribution in [0.15, 0.2) is 0 Å². The van der Waals surface area contributed by atoms with E-state index < -0.39 is 0 Å². The van der Waals surface area contributed by atoms with Crippen LogP contribution in [0.1, 0.15) is 0 Å². The Kier molecular flexibility index (Phi) is 3.77. The summed E-state index contributed by atoms with van der Waals surface area (Å²) in [5, 5.41) is 0. The highest BCUT2D eigenvalue weighted by molar-refractivity contribution is 4.54. The minimum Gasteiger partial charge on any atom is -1.00 e. The van der Waals surface area contributed by atoms with Crippen molar-refractivity contribution in [2.24, 2.45) is 0 Å². The molecular weight excluding hydrogens is 178 g/mol. The lowest BCUT2D eigenvalue weighted by Crippen LogP contribution is -3.00. The van der Waals surface area contributed by atoms with Crippen molar-refractivity contribution in [3.8, 4) is 0 Å². The quantitative estimate of drug-likeness (QED) is 0.379. The topological polar surface area (TPSA) is 18.5 Å². The summed E-state index contributed by atoms with van der Waals surface area (Å²) in [7, 11) is 0. The lowest BCUT2D eigenvalue weighted by molar-refractivity contribution is -0.941. The summed E-state index contributed by atoms with van der Waals surface area (Å²) in [5.74, 6) is 0. The zero-order valence-corrected chi connectivity index (χ0v) is 8.05. The molecule has 0 aromatic heterocycles. The second-order valence-corrected chi connectivity index (χ2v) is 3.46. The minimum atomic E-state index is 0. The van der Waals surface area contributed by atoms with Crippen LogP contribution in [-0.4, -0.2) is 57.1 Å². The second kappa shape index (κ2) is 4.42. The van der Waals surface area contributed by atoms with Crippen molar-refractivity contribution in [1.29, 1.82) is 0 Å². The van der Waals surface area contributed by atoms with Crippen molar-refractivity contribution < 1.29 is 26.4 Å². The average molecular weight is 194 g/mol. The largest absolute Gasteiger partial charge is 1.00 e. The zero-order chi connectivity index (χ0) is 7.57. The van der Waals surface area contributed by atoms with Crippen LogP contribution in [0, 0.1) is 0 Å². The molecule has 2 aliphatic rings. The molecule has 4 heteroatoms. The van der Waals surface area contributed by atoms with E-state index in [-0.39, 0.29) is 12.4 Å². The summed E-state index contributed by atoms with van der Waals surface area (Å²) in [6, 6.07) is 0. The molecule has 2 heterocycles. The third kappa shape index (κ3) is 2.10. The summed E-state index contributed by atoms with van der Waals surface area (Å²) in [5.41, 5.74) is 0. The van der Waals surface area contributed by atoms with Crippen LogP contribution in [0.3, 0.4) is 0 Å². The lowest BCUT2D eigenvalue weighted by atomic mass is 10.2. The molecule has 2 saturated heterocycles. The number of ether oxygens (including phenoxy) is 2. The van der Waals surface area contributed by atoms with Crippen LogP contribution >= 0.6 is 0 Å². The molecule has 0 amide bonds.